The molecule has 0 saturated carbocycles. The van der Waals surface area contributed by atoms with Crippen molar-refractivity contribution in [3.63, 3.8) is 0 Å². The lowest BCUT2D eigenvalue weighted by Gasteiger charge is -2.01. The van der Waals surface area contributed by atoms with Gasteiger partial charge in [0.2, 0.25) is 0 Å². The average molecular weight is 269 g/mol. The number of nitrogens with zero attached hydrogens (tertiary/aromatic N) is 4. The van der Waals surface area contributed by atoms with Gasteiger partial charge in [-0.05, 0) is 23.8 Å². The van der Waals surface area contributed by atoms with E-state index in [-0.39, 0.29) is 0 Å². The molecule has 0 spiro atoms. The maximum Gasteiger partial charge on any atom is 0.162 e. The fourth-order valence-electron chi connectivity index (χ4n) is 1.96. The van der Waals surface area contributed by atoms with Crippen molar-refractivity contribution in [3.8, 4) is 6.07 Å². The molecule has 1 aromatic carbocycles. The molecule has 0 aliphatic carbocycles. The predicted octanol–water partition coefficient (Wildman–Crippen LogP) is 2.85. The number of fused-ring (bicyclic) bond motifs is 1. The molecule has 0 amide bonds. The molecule has 0 aliphatic heterocycles. The zero-order chi connectivity index (χ0) is 13.2. The highest BCUT2D eigenvalue weighted by Crippen LogP contribution is 2.15. The van der Waals surface area contributed by atoms with Crippen molar-refractivity contribution in [2.75, 3.05) is 0 Å². The Hall–Kier alpha value is -2.38. The van der Waals surface area contributed by atoms with Gasteiger partial charge in [-0.25, -0.2) is 0 Å². The topological polar surface area (TPSA) is 54.0 Å². The Morgan fingerprint density at radius 3 is 2.89 bits per heavy atom. The van der Waals surface area contributed by atoms with E-state index in [1.807, 2.05) is 34.9 Å². The van der Waals surface area contributed by atoms with Crippen molar-refractivity contribution in [2.45, 2.75) is 6.42 Å². The van der Waals surface area contributed by atoms with Crippen LogP contribution in [0.2, 0.25) is 5.02 Å². The summed E-state index contributed by atoms with van der Waals surface area (Å²) >= 11 is 5.96. The number of nitriles is 1. The van der Waals surface area contributed by atoms with Gasteiger partial charge in [-0.2, -0.15) is 5.26 Å². The van der Waals surface area contributed by atoms with E-state index >= 15 is 0 Å². The van der Waals surface area contributed by atoms with Crippen LogP contribution in [0, 0.1) is 11.3 Å². The molecule has 2 aromatic heterocycles. The SMILES string of the molecule is N#Cc1ccn2c(Cc3cccc(Cl)c3)nnc2c1. The van der Waals surface area contributed by atoms with Gasteiger partial charge >= 0.3 is 0 Å². The van der Waals surface area contributed by atoms with Crippen molar-refractivity contribution < 1.29 is 0 Å². The van der Waals surface area contributed by atoms with Crippen molar-refractivity contribution in [2.24, 2.45) is 0 Å². The number of benzene rings is 1. The van der Waals surface area contributed by atoms with Crippen LogP contribution in [0.25, 0.3) is 5.65 Å². The largest absolute Gasteiger partial charge is 0.286 e. The Balaban J connectivity index is 2.00. The van der Waals surface area contributed by atoms with E-state index < -0.39 is 0 Å². The lowest BCUT2D eigenvalue weighted by Crippen LogP contribution is -1.96. The maximum atomic E-state index is 8.85. The summed E-state index contributed by atoms with van der Waals surface area (Å²) in [5.41, 5.74) is 2.33. The van der Waals surface area contributed by atoms with Crippen LogP contribution in [0.1, 0.15) is 17.0 Å². The second-order valence-corrected chi connectivity index (χ2v) is 4.61. The van der Waals surface area contributed by atoms with Crippen LogP contribution in [0.5, 0.6) is 0 Å². The Morgan fingerprint density at radius 2 is 2.11 bits per heavy atom. The minimum atomic E-state index is 0.578. The quantitative estimate of drug-likeness (QED) is 0.718. The van der Waals surface area contributed by atoms with Crippen LogP contribution in [0.4, 0.5) is 0 Å². The van der Waals surface area contributed by atoms with E-state index in [1.54, 1.807) is 12.1 Å². The van der Waals surface area contributed by atoms with E-state index in [1.165, 1.54) is 0 Å². The van der Waals surface area contributed by atoms with Crippen molar-refractivity contribution in [1.29, 1.82) is 5.26 Å². The molecule has 92 valence electrons. The van der Waals surface area contributed by atoms with Crippen molar-refractivity contribution in [1.82, 2.24) is 14.6 Å². The molecule has 3 aromatic rings. The fourth-order valence-corrected chi connectivity index (χ4v) is 2.17. The number of halogens is 1. The monoisotopic (exact) mass is 268 g/mol. The Bertz CT molecular complexity index is 785. The standard InChI is InChI=1S/C14H9ClN4/c15-12-3-1-2-10(6-12)7-13-17-18-14-8-11(9-16)4-5-19(13)14/h1-6,8H,7H2. The second-order valence-electron chi connectivity index (χ2n) is 4.18. The van der Waals surface area contributed by atoms with Gasteiger partial charge in [-0.15, -0.1) is 10.2 Å². The maximum absolute atomic E-state index is 8.85. The third-order valence-corrected chi connectivity index (χ3v) is 3.10. The summed E-state index contributed by atoms with van der Waals surface area (Å²) in [6, 6.07) is 13.2. The van der Waals surface area contributed by atoms with E-state index in [0.29, 0.717) is 22.7 Å². The molecular formula is C14H9ClN4. The zero-order valence-electron chi connectivity index (χ0n) is 9.92. The minimum absolute atomic E-state index is 0.578. The van der Waals surface area contributed by atoms with Crippen molar-refractivity contribution in [3.05, 3.63) is 64.6 Å². The highest BCUT2D eigenvalue weighted by molar-refractivity contribution is 6.30. The molecule has 0 atom stereocenters. The van der Waals surface area contributed by atoms with Crippen LogP contribution in [0.15, 0.2) is 42.6 Å². The number of rotatable bonds is 2. The first-order chi connectivity index (χ1) is 9.26. The minimum Gasteiger partial charge on any atom is -0.286 e. The Kier molecular flexibility index (Phi) is 2.90. The van der Waals surface area contributed by atoms with Gasteiger partial charge in [-0.3, -0.25) is 4.40 Å². The van der Waals surface area contributed by atoms with E-state index in [0.717, 1.165) is 11.4 Å². The van der Waals surface area contributed by atoms with Gasteiger partial charge in [0.25, 0.3) is 0 Å². The van der Waals surface area contributed by atoms with Gasteiger partial charge < -0.3 is 0 Å². The summed E-state index contributed by atoms with van der Waals surface area (Å²) in [7, 11) is 0. The van der Waals surface area contributed by atoms with Crippen LogP contribution in [-0.4, -0.2) is 14.6 Å². The molecular weight excluding hydrogens is 260 g/mol. The predicted molar refractivity (Wildman–Crippen MR) is 72.0 cm³/mol. The van der Waals surface area contributed by atoms with E-state index in [9.17, 15) is 0 Å². The number of pyridine rings is 1. The van der Waals surface area contributed by atoms with Crippen molar-refractivity contribution >= 4 is 17.2 Å². The summed E-state index contributed by atoms with van der Waals surface area (Å²) < 4.78 is 1.88. The molecule has 4 nitrogen and oxygen atoms in total. The van der Waals surface area contributed by atoms with Gasteiger partial charge in [-0.1, -0.05) is 23.7 Å². The lowest BCUT2D eigenvalue weighted by atomic mass is 10.1. The normalized spacial score (nSPS) is 10.5. The first-order valence-electron chi connectivity index (χ1n) is 5.74. The van der Waals surface area contributed by atoms with E-state index in [2.05, 4.69) is 16.3 Å². The molecule has 0 N–H and O–H groups in total. The highest BCUT2D eigenvalue weighted by Gasteiger charge is 2.07. The number of aromatic nitrogens is 3. The molecule has 5 heteroatoms. The van der Waals surface area contributed by atoms with Gasteiger partial charge in [0.15, 0.2) is 5.65 Å². The number of hydrogen-bond donors (Lipinski definition) is 0. The van der Waals surface area contributed by atoms with Gasteiger partial charge in [0.05, 0.1) is 11.6 Å². The average Bonchev–Trinajstić information content (AvgIpc) is 2.81. The summed E-state index contributed by atoms with van der Waals surface area (Å²) in [5, 5.41) is 17.8. The molecule has 2 heterocycles. The molecule has 0 saturated heterocycles. The van der Waals surface area contributed by atoms with E-state index in [4.69, 9.17) is 16.9 Å². The summed E-state index contributed by atoms with van der Waals surface area (Å²) in [4.78, 5) is 0. The summed E-state index contributed by atoms with van der Waals surface area (Å²) in [6.07, 6.45) is 2.46. The zero-order valence-corrected chi connectivity index (χ0v) is 10.7. The van der Waals surface area contributed by atoms with Gasteiger partial charge in [0.1, 0.15) is 5.82 Å². The third kappa shape index (κ3) is 2.28. The molecule has 19 heavy (non-hydrogen) atoms. The highest BCUT2D eigenvalue weighted by atomic mass is 35.5. The fraction of sp³-hybridized carbons (Fsp3) is 0.0714. The molecule has 0 bridgehead atoms. The van der Waals surface area contributed by atoms with Gasteiger partial charge in [0, 0.05) is 23.7 Å². The molecule has 0 fully saturated rings. The molecule has 0 aliphatic rings. The third-order valence-electron chi connectivity index (χ3n) is 2.86. The second kappa shape index (κ2) is 4.71. The smallest absolute Gasteiger partial charge is 0.162 e. The van der Waals surface area contributed by atoms with Crippen LogP contribution in [0.3, 0.4) is 0 Å². The first-order valence-corrected chi connectivity index (χ1v) is 6.12. The molecule has 0 unspecified atom stereocenters. The number of hydrogen-bond acceptors (Lipinski definition) is 3. The van der Waals surface area contributed by atoms with Crippen LogP contribution >= 0.6 is 11.6 Å². The summed E-state index contributed by atoms with van der Waals surface area (Å²) in [6.45, 7) is 0. The van der Waals surface area contributed by atoms with Crippen LogP contribution in [-0.2, 0) is 6.42 Å². The Labute approximate surface area is 114 Å². The summed E-state index contributed by atoms with van der Waals surface area (Å²) in [5.74, 6) is 0.821. The molecule has 3 rings (SSSR count). The van der Waals surface area contributed by atoms with Crippen LogP contribution < -0.4 is 0 Å². The molecule has 0 radical (unpaired) electrons. The lowest BCUT2D eigenvalue weighted by molar-refractivity contribution is 0.934. The first kappa shape index (κ1) is 11.7. The Morgan fingerprint density at radius 1 is 1.21 bits per heavy atom.